The molecular weight excluding hydrogens is 422 g/mol. The highest BCUT2D eigenvalue weighted by molar-refractivity contribution is 6.14. The summed E-state index contributed by atoms with van der Waals surface area (Å²) >= 11 is 0. The van der Waals surface area contributed by atoms with Crippen LogP contribution in [0.4, 0.5) is 0 Å². The second-order valence-electron chi connectivity index (χ2n) is 7.54. The van der Waals surface area contributed by atoms with Gasteiger partial charge in [-0.05, 0) is 38.1 Å². The Kier molecular flexibility index (Phi) is 6.11. The van der Waals surface area contributed by atoms with Gasteiger partial charge in [-0.15, -0.1) is 0 Å². The van der Waals surface area contributed by atoms with E-state index >= 15 is 0 Å². The molecule has 0 radical (unpaired) electrons. The van der Waals surface area contributed by atoms with E-state index in [4.69, 9.17) is 19.2 Å². The molecule has 2 aromatic heterocycles. The maximum atomic E-state index is 12.9. The Labute approximate surface area is 191 Å². The summed E-state index contributed by atoms with van der Waals surface area (Å²) in [6, 6.07) is 13.4. The smallest absolute Gasteiger partial charge is 0.271 e. The standard InChI is InChI=1S/C25H27N3O5/c1-6-28-19-10-8-7-9-15(19)17-13-18(25(30)26-14(2)29)27-21(22(17)28)16-11-12-20(31-3)24(33-5)23(16)32-4/h7-14,29H,6H2,1-5H3,(H,26,30). The van der Waals surface area contributed by atoms with Crippen molar-refractivity contribution in [2.45, 2.75) is 26.6 Å². The molecule has 0 saturated carbocycles. The number of fused-ring (bicyclic) bond motifs is 3. The molecule has 0 bridgehead atoms. The number of nitrogens with one attached hydrogen (secondary N) is 1. The third-order valence-corrected chi connectivity index (χ3v) is 5.60. The monoisotopic (exact) mass is 449 g/mol. The van der Waals surface area contributed by atoms with E-state index in [1.54, 1.807) is 33.5 Å². The van der Waals surface area contributed by atoms with Crippen molar-refractivity contribution in [1.29, 1.82) is 0 Å². The van der Waals surface area contributed by atoms with Gasteiger partial charge in [-0.1, -0.05) is 18.2 Å². The van der Waals surface area contributed by atoms with Crippen molar-refractivity contribution in [1.82, 2.24) is 14.9 Å². The van der Waals surface area contributed by atoms with Crippen molar-refractivity contribution in [3.05, 3.63) is 48.2 Å². The minimum Gasteiger partial charge on any atom is -0.493 e. The molecule has 4 rings (SSSR count). The maximum Gasteiger partial charge on any atom is 0.271 e. The van der Waals surface area contributed by atoms with Gasteiger partial charge in [0.15, 0.2) is 11.5 Å². The molecule has 1 atom stereocenters. The molecule has 33 heavy (non-hydrogen) atoms. The number of benzene rings is 2. The molecule has 8 heteroatoms. The lowest BCUT2D eigenvalue weighted by Crippen LogP contribution is -2.32. The predicted octanol–water partition coefficient (Wildman–Crippen LogP) is 3.97. The maximum absolute atomic E-state index is 12.9. The van der Waals surface area contributed by atoms with Crippen LogP contribution in [0.3, 0.4) is 0 Å². The van der Waals surface area contributed by atoms with Crippen LogP contribution >= 0.6 is 0 Å². The summed E-state index contributed by atoms with van der Waals surface area (Å²) in [5, 5.41) is 14.1. The number of rotatable bonds is 7. The van der Waals surface area contributed by atoms with Gasteiger partial charge in [0.05, 0.1) is 32.5 Å². The van der Waals surface area contributed by atoms with Gasteiger partial charge >= 0.3 is 0 Å². The molecule has 2 aromatic carbocycles. The molecule has 0 fully saturated rings. The van der Waals surface area contributed by atoms with Gasteiger partial charge in [-0.25, -0.2) is 4.98 Å². The number of amides is 1. The third-order valence-electron chi connectivity index (χ3n) is 5.60. The Bertz CT molecular complexity index is 1340. The highest BCUT2D eigenvalue weighted by Gasteiger charge is 2.24. The number of aliphatic hydroxyl groups excluding tert-OH is 1. The highest BCUT2D eigenvalue weighted by atomic mass is 16.5. The fourth-order valence-electron chi connectivity index (χ4n) is 4.26. The Balaban J connectivity index is 2.14. The lowest BCUT2D eigenvalue weighted by atomic mass is 10.0. The van der Waals surface area contributed by atoms with Crippen LogP contribution < -0.4 is 19.5 Å². The molecule has 0 aliphatic rings. The molecular formula is C25H27N3O5. The van der Waals surface area contributed by atoms with Gasteiger partial charge in [-0.2, -0.15) is 0 Å². The van der Waals surface area contributed by atoms with Crippen molar-refractivity contribution < 1.29 is 24.1 Å². The minimum absolute atomic E-state index is 0.189. The number of pyridine rings is 1. The van der Waals surface area contributed by atoms with Crippen molar-refractivity contribution in [3.63, 3.8) is 0 Å². The molecule has 2 N–H and O–H groups in total. The zero-order valence-electron chi connectivity index (χ0n) is 19.3. The van der Waals surface area contributed by atoms with Gasteiger partial charge in [0.1, 0.15) is 11.9 Å². The van der Waals surface area contributed by atoms with Crippen LogP contribution in [-0.4, -0.2) is 48.1 Å². The Morgan fingerprint density at radius 1 is 1.06 bits per heavy atom. The first kappa shape index (κ1) is 22.4. The largest absolute Gasteiger partial charge is 0.493 e. The molecule has 172 valence electrons. The predicted molar refractivity (Wildman–Crippen MR) is 127 cm³/mol. The minimum atomic E-state index is -1.01. The molecule has 1 unspecified atom stereocenters. The lowest BCUT2D eigenvalue weighted by molar-refractivity contribution is 0.0814. The second kappa shape index (κ2) is 8.99. The number of para-hydroxylation sites is 1. The van der Waals surface area contributed by atoms with Crippen LogP contribution in [0.15, 0.2) is 42.5 Å². The van der Waals surface area contributed by atoms with E-state index < -0.39 is 12.1 Å². The quantitative estimate of drug-likeness (QED) is 0.415. The van der Waals surface area contributed by atoms with Crippen molar-refractivity contribution in [2.75, 3.05) is 21.3 Å². The van der Waals surface area contributed by atoms with Crippen LogP contribution in [-0.2, 0) is 6.54 Å². The Hall–Kier alpha value is -3.78. The second-order valence-corrected chi connectivity index (χ2v) is 7.54. The molecule has 1 amide bonds. The Morgan fingerprint density at radius 2 is 1.79 bits per heavy atom. The molecule has 0 spiro atoms. The molecule has 2 heterocycles. The van der Waals surface area contributed by atoms with Crippen molar-refractivity contribution in [2.24, 2.45) is 0 Å². The van der Waals surface area contributed by atoms with Crippen molar-refractivity contribution >= 4 is 27.7 Å². The van der Waals surface area contributed by atoms with Crippen LogP contribution in [0.25, 0.3) is 33.1 Å². The zero-order chi connectivity index (χ0) is 23.7. The summed E-state index contributed by atoms with van der Waals surface area (Å²) < 4.78 is 18.9. The summed E-state index contributed by atoms with van der Waals surface area (Å²) in [4.78, 5) is 17.6. The van der Waals surface area contributed by atoms with Crippen LogP contribution in [0.2, 0.25) is 0 Å². The summed E-state index contributed by atoms with van der Waals surface area (Å²) in [5.74, 6) is 0.936. The fourth-order valence-corrected chi connectivity index (χ4v) is 4.26. The van der Waals surface area contributed by atoms with E-state index in [0.29, 0.717) is 35.1 Å². The number of carbonyl (C=O) groups excluding carboxylic acids is 1. The van der Waals surface area contributed by atoms with Crippen molar-refractivity contribution in [3.8, 4) is 28.5 Å². The summed E-state index contributed by atoms with van der Waals surface area (Å²) in [6.07, 6.45) is -1.01. The summed E-state index contributed by atoms with van der Waals surface area (Å²) in [6.45, 7) is 4.25. The first-order valence-corrected chi connectivity index (χ1v) is 10.6. The van der Waals surface area contributed by atoms with Gasteiger partial charge in [-0.3, -0.25) is 4.79 Å². The van der Waals surface area contributed by atoms with Crippen LogP contribution in [0.1, 0.15) is 24.3 Å². The average molecular weight is 450 g/mol. The number of hydrogen-bond donors (Lipinski definition) is 2. The normalized spacial score (nSPS) is 12.1. The molecule has 0 aliphatic carbocycles. The van der Waals surface area contributed by atoms with Gasteiger partial charge in [0.25, 0.3) is 5.91 Å². The topological polar surface area (TPSA) is 94.8 Å². The number of carbonyl (C=O) groups is 1. The summed E-state index contributed by atoms with van der Waals surface area (Å²) in [5.41, 5.74) is 3.32. The number of nitrogens with zero attached hydrogens (tertiary/aromatic N) is 2. The highest BCUT2D eigenvalue weighted by Crippen LogP contribution is 2.46. The molecule has 0 aliphatic heterocycles. The van der Waals surface area contributed by atoms with Crippen LogP contribution in [0.5, 0.6) is 17.2 Å². The van der Waals surface area contributed by atoms with E-state index in [9.17, 15) is 9.90 Å². The number of aliphatic hydroxyl groups is 1. The molecule has 8 nitrogen and oxygen atoms in total. The fraction of sp³-hybridized carbons (Fsp3) is 0.280. The van der Waals surface area contributed by atoms with E-state index in [0.717, 1.165) is 21.8 Å². The van der Waals surface area contributed by atoms with E-state index in [1.807, 2.05) is 30.3 Å². The molecule has 0 saturated heterocycles. The number of methoxy groups -OCH3 is 3. The van der Waals surface area contributed by atoms with Gasteiger partial charge in [0, 0.05) is 28.4 Å². The van der Waals surface area contributed by atoms with Gasteiger partial charge in [0.2, 0.25) is 5.75 Å². The number of ether oxygens (including phenoxy) is 3. The first-order chi connectivity index (χ1) is 15.9. The number of aryl methyl sites for hydroxylation is 1. The van der Waals surface area contributed by atoms with Crippen LogP contribution in [0, 0.1) is 0 Å². The molecule has 4 aromatic rings. The zero-order valence-corrected chi connectivity index (χ0v) is 19.3. The average Bonchev–Trinajstić information content (AvgIpc) is 3.15. The lowest BCUT2D eigenvalue weighted by Gasteiger charge is -2.17. The van der Waals surface area contributed by atoms with E-state index in [2.05, 4.69) is 16.8 Å². The summed E-state index contributed by atoms with van der Waals surface area (Å²) in [7, 11) is 4.66. The number of aromatic nitrogens is 2. The van der Waals surface area contributed by atoms with Gasteiger partial charge < -0.3 is 29.2 Å². The third kappa shape index (κ3) is 3.72. The first-order valence-electron chi connectivity index (χ1n) is 10.6. The van der Waals surface area contributed by atoms with E-state index in [1.165, 1.54) is 6.92 Å². The SMILES string of the molecule is CCn1c2ccccc2c2cc(C(=O)NC(C)O)nc(-c3ccc(OC)c(OC)c3OC)c21. The Morgan fingerprint density at radius 3 is 2.42 bits per heavy atom. The van der Waals surface area contributed by atoms with E-state index in [-0.39, 0.29) is 5.69 Å². The number of hydrogen-bond acceptors (Lipinski definition) is 6.